The normalized spacial score (nSPS) is 19.4. The molecule has 0 radical (unpaired) electrons. The summed E-state index contributed by atoms with van der Waals surface area (Å²) in [6.07, 6.45) is 2.49. The van der Waals surface area contributed by atoms with E-state index in [1.807, 2.05) is 13.8 Å². The summed E-state index contributed by atoms with van der Waals surface area (Å²) in [4.78, 5) is 14.7. The molecule has 4 nitrogen and oxygen atoms in total. The fourth-order valence-electron chi connectivity index (χ4n) is 2.61. The lowest BCUT2D eigenvalue weighted by atomic mass is 10.0. The first-order valence-electron chi connectivity index (χ1n) is 7.25. The average molecular weight is 296 g/mol. The standard InChI is InChI=1S/C15H24N2O2S/c1-9(2)19-13-12(16)14(11(4)18)20-15(13)17-7-5-6-10(3)8-17/h9-10H,5-8,16H2,1-4H3. The number of nitrogens with zero attached hydrogens (tertiary/aromatic N) is 1. The van der Waals surface area contributed by atoms with Crippen LogP contribution in [0, 0.1) is 5.92 Å². The van der Waals surface area contributed by atoms with Crippen molar-refractivity contribution in [1.82, 2.24) is 0 Å². The van der Waals surface area contributed by atoms with E-state index in [1.54, 1.807) is 6.92 Å². The number of rotatable bonds is 4. The topological polar surface area (TPSA) is 55.6 Å². The highest BCUT2D eigenvalue weighted by Gasteiger charge is 2.27. The maximum absolute atomic E-state index is 11.7. The number of hydrogen-bond donors (Lipinski definition) is 1. The molecule has 0 saturated carbocycles. The number of Topliss-reactive ketones (excluding diaryl/α,β-unsaturated/α-hetero) is 1. The second kappa shape index (κ2) is 6.04. The highest BCUT2D eigenvalue weighted by atomic mass is 32.1. The molecule has 2 rings (SSSR count). The SMILES string of the molecule is CC(=O)c1sc(N2CCCC(C)C2)c(OC(C)C)c1N. The zero-order valence-corrected chi connectivity index (χ0v) is 13.5. The molecular formula is C15H24N2O2S. The van der Waals surface area contributed by atoms with Gasteiger partial charge in [-0.1, -0.05) is 6.92 Å². The van der Waals surface area contributed by atoms with E-state index < -0.39 is 0 Å². The summed E-state index contributed by atoms with van der Waals surface area (Å²) in [7, 11) is 0. The Morgan fingerprint density at radius 3 is 2.75 bits per heavy atom. The molecule has 1 aromatic heterocycles. The third-order valence-corrected chi connectivity index (χ3v) is 4.85. The van der Waals surface area contributed by atoms with Crippen LogP contribution in [-0.4, -0.2) is 25.0 Å². The summed E-state index contributed by atoms with van der Waals surface area (Å²) in [5.74, 6) is 1.38. The van der Waals surface area contributed by atoms with Crippen LogP contribution in [0.3, 0.4) is 0 Å². The minimum absolute atomic E-state index is 0.0115. The molecule has 5 heteroatoms. The molecule has 0 spiro atoms. The number of thiophene rings is 1. The van der Waals surface area contributed by atoms with E-state index in [0.29, 0.717) is 22.2 Å². The van der Waals surface area contributed by atoms with Gasteiger partial charge in [0.1, 0.15) is 5.00 Å². The van der Waals surface area contributed by atoms with Crippen molar-refractivity contribution in [1.29, 1.82) is 0 Å². The molecule has 1 fully saturated rings. The van der Waals surface area contributed by atoms with Crippen LogP contribution in [-0.2, 0) is 0 Å². The molecule has 0 aliphatic carbocycles. The summed E-state index contributed by atoms with van der Waals surface area (Å²) >= 11 is 1.47. The van der Waals surface area contributed by atoms with Gasteiger partial charge >= 0.3 is 0 Å². The number of anilines is 2. The van der Waals surface area contributed by atoms with E-state index in [4.69, 9.17) is 10.5 Å². The van der Waals surface area contributed by atoms with Crippen LogP contribution in [0.4, 0.5) is 10.7 Å². The Morgan fingerprint density at radius 1 is 1.50 bits per heavy atom. The van der Waals surface area contributed by atoms with Crippen molar-refractivity contribution in [2.75, 3.05) is 23.7 Å². The van der Waals surface area contributed by atoms with Crippen LogP contribution in [0.2, 0.25) is 0 Å². The molecule has 112 valence electrons. The van der Waals surface area contributed by atoms with Gasteiger partial charge in [0.25, 0.3) is 0 Å². The lowest BCUT2D eigenvalue weighted by Crippen LogP contribution is -2.34. The predicted octanol–water partition coefficient (Wildman–Crippen LogP) is 3.56. The van der Waals surface area contributed by atoms with Gasteiger partial charge in [-0.3, -0.25) is 4.79 Å². The van der Waals surface area contributed by atoms with Crippen molar-refractivity contribution < 1.29 is 9.53 Å². The van der Waals surface area contributed by atoms with Gasteiger partial charge in [0.2, 0.25) is 0 Å². The lowest BCUT2D eigenvalue weighted by molar-refractivity contribution is 0.102. The van der Waals surface area contributed by atoms with Crippen LogP contribution in [0.15, 0.2) is 0 Å². The number of nitrogen functional groups attached to an aromatic ring is 1. The largest absolute Gasteiger partial charge is 0.486 e. The maximum Gasteiger partial charge on any atom is 0.177 e. The minimum Gasteiger partial charge on any atom is -0.486 e. The monoisotopic (exact) mass is 296 g/mol. The Labute approximate surface area is 124 Å². The van der Waals surface area contributed by atoms with E-state index >= 15 is 0 Å². The number of carbonyl (C=O) groups is 1. The average Bonchev–Trinajstić information content (AvgIpc) is 2.67. The van der Waals surface area contributed by atoms with Gasteiger partial charge in [0, 0.05) is 20.0 Å². The zero-order valence-electron chi connectivity index (χ0n) is 12.7. The van der Waals surface area contributed by atoms with Crippen LogP contribution < -0.4 is 15.4 Å². The summed E-state index contributed by atoms with van der Waals surface area (Å²) in [6.45, 7) is 9.80. The third-order valence-electron chi connectivity index (χ3n) is 3.50. The van der Waals surface area contributed by atoms with Crippen LogP contribution >= 0.6 is 11.3 Å². The first-order valence-corrected chi connectivity index (χ1v) is 8.06. The molecule has 0 aromatic carbocycles. The molecule has 1 aliphatic rings. The van der Waals surface area contributed by atoms with E-state index in [2.05, 4.69) is 11.8 Å². The number of ether oxygens (including phenoxy) is 1. The number of piperidine rings is 1. The van der Waals surface area contributed by atoms with Crippen molar-refractivity contribution in [3.63, 3.8) is 0 Å². The van der Waals surface area contributed by atoms with Crippen molar-refractivity contribution in [3.8, 4) is 5.75 Å². The predicted molar refractivity (Wildman–Crippen MR) is 85.1 cm³/mol. The summed E-state index contributed by atoms with van der Waals surface area (Å²) in [5, 5.41) is 1.02. The Balaban J connectivity index is 2.39. The molecule has 1 aliphatic heterocycles. The molecule has 2 heterocycles. The van der Waals surface area contributed by atoms with Crippen molar-refractivity contribution in [3.05, 3.63) is 4.88 Å². The fraction of sp³-hybridized carbons (Fsp3) is 0.667. The second-order valence-corrected chi connectivity index (χ2v) is 6.89. The Hall–Kier alpha value is -1.23. The Kier molecular flexibility index (Phi) is 4.58. The van der Waals surface area contributed by atoms with Crippen molar-refractivity contribution >= 4 is 27.8 Å². The quantitative estimate of drug-likeness (QED) is 0.863. The van der Waals surface area contributed by atoms with E-state index in [-0.39, 0.29) is 11.9 Å². The summed E-state index contributed by atoms with van der Waals surface area (Å²) < 4.78 is 5.89. The number of hydrogen-bond acceptors (Lipinski definition) is 5. The molecular weight excluding hydrogens is 272 g/mol. The van der Waals surface area contributed by atoms with Crippen LogP contribution in [0.25, 0.3) is 0 Å². The van der Waals surface area contributed by atoms with Crippen molar-refractivity contribution in [2.24, 2.45) is 5.92 Å². The second-order valence-electron chi connectivity index (χ2n) is 5.90. The highest BCUT2D eigenvalue weighted by Crippen LogP contribution is 2.46. The molecule has 1 saturated heterocycles. The van der Waals surface area contributed by atoms with Gasteiger partial charge in [-0.2, -0.15) is 0 Å². The zero-order chi connectivity index (χ0) is 14.9. The first-order chi connectivity index (χ1) is 9.40. The Morgan fingerprint density at radius 2 is 2.20 bits per heavy atom. The molecule has 0 amide bonds. The van der Waals surface area contributed by atoms with Crippen LogP contribution in [0.1, 0.15) is 50.2 Å². The molecule has 0 bridgehead atoms. The number of nitrogens with two attached hydrogens (primary N) is 1. The summed E-state index contributed by atoms with van der Waals surface area (Å²) in [5.41, 5.74) is 6.64. The van der Waals surface area contributed by atoms with Gasteiger partial charge in [-0.25, -0.2) is 0 Å². The minimum atomic E-state index is 0.0115. The molecule has 20 heavy (non-hydrogen) atoms. The first kappa shape index (κ1) is 15.2. The molecule has 1 aromatic rings. The Bertz CT molecular complexity index is 496. The van der Waals surface area contributed by atoms with E-state index in [1.165, 1.54) is 24.2 Å². The lowest BCUT2D eigenvalue weighted by Gasteiger charge is -2.32. The summed E-state index contributed by atoms with van der Waals surface area (Å²) in [6, 6.07) is 0. The van der Waals surface area contributed by atoms with Gasteiger partial charge in [-0.15, -0.1) is 11.3 Å². The van der Waals surface area contributed by atoms with Gasteiger partial charge < -0.3 is 15.4 Å². The number of ketones is 1. The van der Waals surface area contributed by atoms with Gasteiger partial charge in [0.15, 0.2) is 11.5 Å². The molecule has 1 atom stereocenters. The van der Waals surface area contributed by atoms with Gasteiger partial charge in [0.05, 0.1) is 16.7 Å². The maximum atomic E-state index is 11.7. The van der Waals surface area contributed by atoms with E-state index in [0.717, 1.165) is 18.1 Å². The molecule has 2 N–H and O–H groups in total. The molecule has 1 unspecified atom stereocenters. The highest BCUT2D eigenvalue weighted by molar-refractivity contribution is 7.19. The number of carbonyl (C=O) groups excluding carboxylic acids is 1. The van der Waals surface area contributed by atoms with Crippen molar-refractivity contribution in [2.45, 2.75) is 46.6 Å². The third kappa shape index (κ3) is 3.08. The van der Waals surface area contributed by atoms with Gasteiger partial charge in [-0.05, 0) is 32.6 Å². The fourth-order valence-corrected chi connectivity index (χ4v) is 3.69. The van der Waals surface area contributed by atoms with Crippen LogP contribution in [0.5, 0.6) is 5.75 Å². The van der Waals surface area contributed by atoms with E-state index in [9.17, 15) is 4.79 Å². The smallest absolute Gasteiger partial charge is 0.177 e.